The summed E-state index contributed by atoms with van der Waals surface area (Å²) in [4.78, 5) is 25.1. The third-order valence-electron chi connectivity index (χ3n) is 6.13. The summed E-state index contributed by atoms with van der Waals surface area (Å²) in [5.41, 5.74) is 1.14. The number of nitrogens with one attached hydrogen (secondary N) is 2. The molecule has 0 aromatic heterocycles. The van der Waals surface area contributed by atoms with Crippen LogP contribution in [0.3, 0.4) is 0 Å². The van der Waals surface area contributed by atoms with Gasteiger partial charge in [-0.1, -0.05) is 12.1 Å². The van der Waals surface area contributed by atoms with Crippen molar-refractivity contribution in [2.45, 2.75) is 16.7 Å². The summed E-state index contributed by atoms with van der Waals surface area (Å²) in [6, 6.07) is 14.4. The maximum atomic E-state index is 13.0. The highest BCUT2D eigenvalue weighted by atomic mass is 79.9. The third-order valence-corrected chi connectivity index (χ3v) is 10.1. The number of hydrogen-bond acceptors (Lipinski definition) is 9. The lowest BCUT2D eigenvalue weighted by atomic mass is 10.2. The minimum atomic E-state index is -4.05. The SMILES string of the molecule is COc1ccc(S(=O)(=O)N2CCOCC2)cc1NC(=O)COC(=O)c1cccc(S(=O)(=O)Nc2cc(C)ccc2Br)c1. The van der Waals surface area contributed by atoms with E-state index in [1.807, 2.05) is 13.0 Å². The van der Waals surface area contributed by atoms with Gasteiger partial charge in [0.25, 0.3) is 15.9 Å². The van der Waals surface area contributed by atoms with E-state index >= 15 is 0 Å². The number of carbonyl (C=O) groups excluding carboxylic acids is 2. The van der Waals surface area contributed by atoms with Gasteiger partial charge in [-0.25, -0.2) is 21.6 Å². The summed E-state index contributed by atoms with van der Waals surface area (Å²) in [5.74, 6) is -1.51. The van der Waals surface area contributed by atoms with Crippen LogP contribution >= 0.6 is 15.9 Å². The maximum Gasteiger partial charge on any atom is 0.338 e. The van der Waals surface area contributed by atoms with Crippen LogP contribution in [-0.4, -0.2) is 73.0 Å². The van der Waals surface area contributed by atoms with E-state index in [0.717, 1.165) is 11.6 Å². The van der Waals surface area contributed by atoms with Crippen molar-refractivity contribution in [3.05, 3.63) is 76.3 Å². The Morgan fingerprint density at radius 2 is 1.69 bits per heavy atom. The van der Waals surface area contributed by atoms with Crippen LogP contribution < -0.4 is 14.8 Å². The van der Waals surface area contributed by atoms with Gasteiger partial charge in [-0.05, 0) is 76.9 Å². The fraction of sp³-hybridized carbons (Fsp3) is 0.259. The molecule has 15 heteroatoms. The zero-order valence-corrected chi connectivity index (χ0v) is 25.8. The van der Waals surface area contributed by atoms with Crippen LogP contribution in [0.15, 0.2) is 74.9 Å². The van der Waals surface area contributed by atoms with Crippen molar-refractivity contribution >= 4 is 59.2 Å². The van der Waals surface area contributed by atoms with Gasteiger partial charge in [0.05, 0.1) is 47.1 Å². The van der Waals surface area contributed by atoms with Crippen molar-refractivity contribution in [2.75, 3.05) is 50.1 Å². The zero-order chi connectivity index (χ0) is 30.5. The maximum absolute atomic E-state index is 13.0. The molecule has 1 fully saturated rings. The Kier molecular flexibility index (Phi) is 9.89. The number of carbonyl (C=O) groups is 2. The topological polar surface area (TPSA) is 157 Å². The molecule has 0 bridgehead atoms. The highest BCUT2D eigenvalue weighted by Gasteiger charge is 2.27. The second-order valence-electron chi connectivity index (χ2n) is 9.12. The average Bonchev–Trinajstić information content (AvgIpc) is 2.98. The summed E-state index contributed by atoms with van der Waals surface area (Å²) in [5, 5.41) is 2.50. The first-order valence-corrected chi connectivity index (χ1v) is 16.2. The molecule has 0 atom stereocenters. The zero-order valence-electron chi connectivity index (χ0n) is 22.6. The molecule has 224 valence electrons. The van der Waals surface area contributed by atoms with Crippen LogP contribution in [0.1, 0.15) is 15.9 Å². The van der Waals surface area contributed by atoms with Gasteiger partial charge in [-0.15, -0.1) is 0 Å². The average molecular weight is 683 g/mol. The summed E-state index contributed by atoms with van der Waals surface area (Å²) >= 11 is 3.31. The van der Waals surface area contributed by atoms with E-state index in [1.54, 1.807) is 12.1 Å². The van der Waals surface area contributed by atoms with E-state index in [1.165, 1.54) is 47.8 Å². The smallest absolute Gasteiger partial charge is 0.338 e. The molecule has 12 nitrogen and oxygen atoms in total. The number of hydrogen-bond donors (Lipinski definition) is 2. The number of morpholine rings is 1. The van der Waals surface area contributed by atoms with Gasteiger partial charge in [-0.3, -0.25) is 9.52 Å². The highest BCUT2D eigenvalue weighted by molar-refractivity contribution is 9.10. The fourth-order valence-corrected chi connectivity index (χ4v) is 7.02. The van der Waals surface area contributed by atoms with E-state index in [9.17, 15) is 26.4 Å². The molecule has 42 heavy (non-hydrogen) atoms. The molecule has 0 saturated carbocycles. The van der Waals surface area contributed by atoms with E-state index in [4.69, 9.17) is 14.2 Å². The molecule has 1 aliphatic rings. The molecule has 1 amide bonds. The number of benzene rings is 3. The van der Waals surface area contributed by atoms with Gasteiger partial charge in [-0.2, -0.15) is 4.31 Å². The Morgan fingerprint density at radius 3 is 2.40 bits per heavy atom. The van der Waals surface area contributed by atoms with Gasteiger partial charge >= 0.3 is 5.97 Å². The molecule has 1 heterocycles. The highest BCUT2D eigenvalue weighted by Crippen LogP contribution is 2.30. The van der Waals surface area contributed by atoms with E-state index in [2.05, 4.69) is 26.0 Å². The van der Waals surface area contributed by atoms with Crippen LogP contribution in [0.5, 0.6) is 5.75 Å². The van der Waals surface area contributed by atoms with Crippen LogP contribution in [0.4, 0.5) is 11.4 Å². The number of amides is 1. The van der Waals surface area contributed by atoms with Crippen molar-refractivity contribution in [3.8, 4) is 5.75 Å². The number of halogens is 1. The molecule has 1 saturated heterocycles. The third kappa shape index (κ3) is 7.46. The molecule has 0 unspecified atom stereocenters. The van der Waals surface area contributed by atoms with Gasteiger partial charge in [0, 0.05) is 17.6 Å². The summed E-state index contributed by atoms with van der Waals surface area (Å²) < 4.78 is 71.8. The summed E-state index contributed by atoms with van der Waals surface area (Å²) in [7, 11) is -6.54. The minimum absolute atomic E-state index is 0.0539. The predicted molar refractivity (Wildman–Crippen MR) is 158 cm³/mol. The van der Waals surface area contributed by atoms with E-state index in [0.29, 0.717) is 10.2 Å². The van der Waals surface area contributed by atoms with Crippen molar-refractivity contribution < 1.29 is 40.6 Å². The number of anilines is 2. The number of rotatable bonds is 10. The molecular formula is C27H28BrN3O9S2. The van der Waals surface area contributed by atoms with Crippen molar-refractivity contribution in [3.63, 3.8) is 0 Å². The van der Waals surface area contributed by atoms with Crippen molar-refractivity contribution in [1.82, 2.24) is 4.31 Å². The molecule has 4 rings (SSSR count). The second-order valence-corrected chi connectivity index (χ2v) is 13.6. The molecule has 0 spiro atoms. The minimum Gasteiger partial charge on any atom is -0.495 e. The monoisotopic (exact) mass is 681 g/mol. The van der Waals surface area contributed by atoms with Crippen LogP contribution in [0.2, 0.25) is 0 Å². The lowest BCUT2D eigenvalue weighted by Crippen LogP contribution is -2.40. The van der Waals surface area contributed by atoms with Gasteiger partial charge in [0.1, 0.15) is 5.75 Å². The Morgan fingerprint density at radius 1 is 0.952 bits per heavy atom. The molecule has 3 aromatic carbocycles. The predicted octanol–water partition coefficient (Wildman–Crippen LogP) is 3.38. The lowest BCUT2D eigenvalue weighted by molar-refractivity contribution is -0.119. The summed E-state index contributed by atoms with van der Waals surface area (Å²) in [6.45, 7) is 2.05. The van der Waals surface area contributed by atoms with Crippen LogP contribution in [-0.2, 0) is 34.3 Å². The standard InChI is InChI=1S/C27H28BrN3O9S2/c1-18-6-8-22(28)23(14-18)30-41(34,35)20-5-3-4-19(15-20)27(33)40-17-26(32)29-24-16-21(7-9-25(24)38-2)42(36,37)31-10-12-39-13-11-31/h3-9,14-16,30H,10-13,17H2,1-2H3,(H,29,32). The van der Waals surface area contributed by atoms with Crippen molar-refractivity contribution in [1.29, 1.82) is 0 Å². The van der Waals surface area contributed by atoms with Crippen LogP contribution in [0, 0.1) is 6.92 Å². The van der Waals surface area contributed by atoms with E-state index < -0.39 is 38.5 Å². The first-order valence-electron chi connectivity index (χ1n) is 12.5. The Labute approximate surface area is 252 Å². The number of sulfonamides is 2. The molecule has 0 radical (unpaired) electrons. The molecule has 1 aliphatic heterocycles. The first-order chi connectivity index (χ1) is 19.9. The molecule has 0 aliphatic carbocycles. The number of methoxy groups -OCH3 is 1. The first kappa shape index (κ1) is 31.4. The molecule has 3 aromatic rings. The van der Waals surface area contributed by atoms with Crippen LogP contribution in [0.25, 0.3) is 0 Å². The lowest BCUT2D eigenvalue weighted by Gasteiger charge is -2.26. The van der Waals surface area contributed by atoms with Gasteiger partial charge in [0.2, 0.25) is 10.0 Å². The fourth-order valence-electron chi connectivity index (χ4n) is 3.99. The summed E-state index contributed by atoms with van der Waals surface area (Å²) in [6.07, 6.45) is 0. The Balaban J connectivity index is 1.43. The van der Waals surface area contributed by atoms with E-state index in [-0.39, 0.29) is 53.1 Å². The Bertz CT molecular complexity index is 1710. The number of ether oxygens (including phenoxy) is 3. The van der Waals surface area contributed by atoms with Gasteiger partial charge < -0.3 is 19.5 Å². The second kappa shape index (κ2) is 13.2. The molecular weight excluding hydrogens is 654 g/mol. The molecule has 2 N–H and O–H groups in total. The quantitative estimate of drug-likeness (QED) is 0.306. The Hall–Kier alpha value is -3.50. The number of nitrogens with zero attached hydrogens (tertiary/aromatic N) is 1. The number of aryl methyl sites for hydroxylation is 1. The van der Waals surface area contributed by atoms with Gasteiger partial charge in [0.15, 0.2) is 6.61 Å². The normalized spacial score (nSPS) is 14.2. The number of esters is 1. The van der Waals surface area contributed by atoms with Crippen molar-refractivity contribution in [2.24, 2.45) is 0 Å². The largest absolute Gasteiger partial charge is 0.495 e.